The minimum Gasteiger partial charge on any atom is -0.355 e. The lowest BCUT2D eigenvalue weighted by atomic mass is 10.0. The highest BCUT2D eigenvalue weighted by molar-refractivity contribution is 5.99. The fourth-order valence-electron chi connectivity index (χ4n) is 3.94. The molecule has 0 spiro atoms. The van der Waals surface area contributed by atoms with E-state index >= 15 is 0 Å². The summed E-state index contributed by atoms with van der Waals surface area (Å²) in [5.41, 5.74) is 3.20. The van der Waals surface area contributed by atoms with Crippen LogP contribution in [0.4, 0.5) is 5.69 Å². The molecule has 1 aromatic rings. The van der Waals surface area contributed by atoms with Crippen LogP contribution in [-0.2, 0) is 22.4 Å². The Labute approximate surface area is 168 Å². The first-order chi connectivity index (χ1) is 12.7. The molecule has 1 saturated carbocycles. The Bertz CT molecular complexity index is 628. The predicted octanol–water partition coefficient (Wildman–Crippen LogP) is 3.35. The largest absolute Gasteiger partial charge is 0.355 e. The molecule has 1 aliphatic carbocycles. The molecule has 27 heavy (non-hydrogen) atoms. The van der Waals surface area contributed by atoms with Crippen LogP contribution >= 0.6 is 12.4 Å². The third-order valence-electron chi connectivity index (χ3n) is 5.40. The van der Waals surface area contributed by atoms with E-state index in [4.69, 9.17) is 0 Å². The maximum absolute atomic E-state index is 12.0. The quantitative estimate of drug-likeness (QED) is 0.468. The Kier molecular flexibility index (Phi) is 9.08. The van der Waals surface area contributed by atoms with Gasteiger partial charge in [0, 0.05) is 31.2 Å². The van der Waals surface area contributed by atoms with Crippen LogP contribution in [0.25, 0.3) is 0 Å². The van der Waals surface area contributed by atoms with E-state index < -0.39 is 0 Å². The number of nitrogens with one attached hydrogen (secondary N) is 3. The number of amides is 2. The third-order valence-corrected chi connectivity index (χ3v) is 5.40. The van der Waals surface area contributed by atoms with Gasteiger partial charge in [0.1, 0.15) is 0 Å². The minimum atomic E-state index is 0. The van der Waals surface area contributed by atoms with Gasteiger partial charge < -0.3 is 16.0 Å². The van der Waals surface area contributed by atoms with Crippen molar-refractivity contribution in [2.75, 3.05) is 18.4 Å². The van der Waals surface area contributed by atoms with Gasteiger partial charge in [-0.1, -0.05) is 37.8 Å². The predicted molar refractivity (Wildman–Crippen MR) is 111 cm³/mol. The summed E-state index contributed by atoms with van der Waals surface area (Å²) >= 11 is 0. The van der Waals surface area contributed by atoms with Crippen LogP contribution in [0.5, 0.6) is 0 Å². The van der Waals surface area contributed by atoms with Crippen molar-refractivity contribution in [1.82, 2.24) is 10.6 Å². The second-order valence-corrected chi connectivity index (χ2v) is 7.56. The summed E-state index contributed by atoms with van der Waals surface area (Å²) < 4.78 is 0. The molecule has 0 saturated heterocycles. The molecule has 1 aliphatic heterocycles. The molecule has 0 radical (unpaired) electrons. The van der Waals surface area contributed by atoms with Crippen molar-refractivity contribution < 1.29 is 9.59 Å². The molecule has 2 amide bonds. The maximum atomic E-state index is 12.0. The number of aryl methyl sites for hydroxylation is 1. The summed E-state index contributed by atoms with van der Waals surface area (Å²) in [6, 6.07) is 6.73. The van der Waals surface area contributed by atoms with Gasteiger partial charge in [-0.25, -0.2) is 0 Å². The smallest absolute Gasteiger partial charge is 0.228 e. The number of carbonyl (C=O) groups is 2. The van der Waals surface area contributed by atoms with E-state index in [9.17, 15) is 9.59 Å². The normalized spacial score (nSPS) is 16.8. The molecular weight excluding hydrogens is 362 g/mol. The lowest BCUT2D eigenvalue weighted by Crippen LogP contribution is -2.36. The second kappa shape index (κ2) is 11.3. The monoisotopic (exact) mass is 393 g/mol. The number of hydrogen-bond acceptors (Lipinski definition) is 3. The number of fused-ring (bicyclic) bond motifs is 1. The van der Waals surface area contributed by atoms with Crippen molar-refractivity contribution in [2.45, 2.75) is 70.3 Å². The number of carbonyl (C=O) groups excluding carboxylic acids is 2. The SMILES string of the molecule is Cl.O=C(CCCc1ccc2c(c1)CC(=O)N2)NCCNC1CCCCCC1. The number of halogens is 1. The van der Waals surface area contributed by atoms with E-state index in [2.05, 4.69) is 22.0 Å². The molecule has 6 heteroatoms. The Morgan fingerprint density at radius 3 is 2.67 bits per heavy atom. The van der Waals surface area contributed by atoms with Gasteiger partial charge >= 0.3 is 0 Å². The lowest BCUT2D eigenvalue weighted by Gasteiger charge is -2.16. The second-order valence-electron chi connectivity index (χ2n) is 7.56. The van der Waals surface area contributed by atoms with Crippen LogP contribution in [0.15, 0.2) is 18.2 Å². The van der Waals surface area contributed by atoms with Gasteiger partial charge in [-0.3, -0.25) is 9.59 Å². The molecular formula is C21H32ClN3O2. The summed E-state index contributed by atoms with van der Waals surface area (Å²) in [6.07, 6.45) is 10.7. The van der Waals surface area contributed by atoms with Gasteiger partial charge in [0.15, 0.2) is 0 Å². The van der Waals surface area contributed by atoms with Gasteiger partial charge in [0.05, 0.1) is 6.42 Å². The van der Waals surface area contributed by atoms with Crippen LogP contribution in [0.2, 0.25) is 0 Å². The van der Waals surface area contributed by atoms with Gasteiger partial charge in [-0.05, 0) is 42.9 Å². The summed E-state index contributed by atoms with van der Waals surface area (Å²) in [7, 11) is 0. The molecule has 3 rings (SSSR count). The summed E-state index contributed by atoms with van der Waals surface area (Å²) in [5.74, 6) is 0.194. The van der Waals surface area contributed by atoms with E-state index in [0.29, 0.717) is 25.4 Å². The van der Waals surface area contributed by atoms with E-state index in [0.717, 1.165) is 30.6 Å². The van der Waals surface area contributed by atoms with Crippen LogP contribution in [0.1, 0.15) is 62.5 Å². The van der Waals surface area contributed by atoms with Gasteiger partial charge in [0.25, 0.3) is 0 Å². The summed E-state index contributed by atoms with van der Waals surface area (Å²) in [6.45, 7) is 1.57. The molecule has 1 heterocycles. The van der Waals surface area contributed by atoms with Crippen molar-refractivity contribution in [2.24, 2.45) is 0 Å². The first-order valence-electron chi connectivity index (χ1n) is 10.1. The molecule has 0 bridgehead atoms. The minimum absolute atomic E-state index is 0. The zero-order valence-electron chi connectivity index (χ0n) is 16.0. The van der Waals surface area contributed by atoms with Crippen molar-refractivity contribution in [3.8, 4) is 0 Å². The zero-order valence-corrected chi connectivity index (χ0v) is 16.8. The molecule has 3 N–H and O–H groups in total. The molecule has 150 valence electrons. The summed E-state index contributed by atoms with van der Waals surface area (Å²) in [4.78, 5) is 23.4. The van der Waals surface area contributed by atoms with Crippen LogP contribution in [-0.4, -0.2) is 30.9 Å². The molecule has 0 unspecified atom stereocenters. The number of rotatable bonds is 8. The molecule has 0 aromatic heterocycles. The Morgan fingerprint density at radius 1 is 1.11 bits per heavy atom. The fourth-order valence-corrected chi connectivity index (χ4v) is 3.94. The van der Waals surface area contributed by atoms with E-state index in [1.165, 1.54) is 44.1 Å². The van der Waals surface area contributed by atoms with Crippen molar-refractivity contribution in [1.29, 1.82) is 0 Å². The lowest BCUT2D eigenvalue weighted by molar-refractivity contribution is -0.121. The Balaban J connectivity index is 0.00000261. The Hall–Kier alpha value is -1.59. The van der Waals surface area contributed by atoms with Crippen molar-refractivity contribution >= 4 is 29.9 Å². The van der Waals surface area contributed by atoms with Crippen LogP contribution in [0.3, 0.4) is 0 Å². The molecule has 1 fully saturated rings. The van der Waals surface area contributed by atoms with Gasteiger partial charge in [-0.15, -0.1) is 12.4 Å². The first-order valence-corrected chi connectivity index (χ1v) is 10.1. The van der Waals surface area contributed by atoms with Gasteiger partial charge in [0.2, 0.25) is 11.8 Å². The van der Waals surface area contributed by atoms with Crippen molar-refractivity contribution in [3.63, 3.8) is 0 Å². The van der Waals surface area contributed by atoms with Gasteiger partial charge in [-0.2, -0.15) is 0 Å². The Morgan fingerprint density at radius 2 is 1.89 bits per heavy atom. The topological polar surface area (TPSA) is 70.2 Å². The maximum Gasteiger partial charge on any atom is 0.228 e. The highest BCUT2D eigenvalue weighted by Gasteiger charge is 2.17. The molecule has 0 atom stereocenters. The molecule has 1 aromatic carbocycles. The number of anilines is 1. The molecule has 5 nitrogen and oxygen atoms in total. The van der Waals surface area contributed by atoms with Crippen LogP contribution in [0, 0.1) is 0 Å². The van der Waals surface area contributed by atoms with Crippen LogP contribution < -0.4 is 16.0 Å². The van der Waals surface area contributed by atoms with E-state index in [1.54, 1.807) is 0 Å². The average Bonchev–Trinajstić information content (AvgIpc) is 2.81. The first kappa shape index (κ1) is 21.7. The van der Waals surface area contributed by atoms with Crippen molar-refractivity contribution in [3.05, 3.63) is 29.3 Å². The molecule has 2 aliphatic rings. The van der Waals surface area contributed by atoms with E-state index in [-0.39, 0.29) is 24.2 Å². The van der Waals surface area contributed by atoms with E-state index in [1.807, 2.05) is 12.1 Å². The standard InChI is InChI=1S/C21H31N3O2.ClH/c25-20(23-13-12-22-18-7-3-1-2-4-8-18)9-5-6-16-10-11-19-17(14-16)15-21(26)24-19;/h10-11,14,18,22H,1-9,12-13,15H2,(H,23,25)(H,24,26);1H. The highest BCUT2D eigenvalue weighted by Crippen LogP contribution is 2.24. The number of hydrogen-bond donors (Lipinski definition) is 3. The third kappa shape index (κ3) is 7.15. The number of benzene rings is 1. The zero-order chi connectivity index (χ0) is 18.2. The fraction of sp³-hybridized carbons (Fsp3) is 0.619. The summed E-state index contributed by atoms with van der Waals surface area (Å²) in [5, 5.41) is 9.44. The average molecular weight is 394 g/mol. The highest BCUT2D eigenvalue weighted by atomic mass is 35.5.